The molecular weight excluding hydrogens is 204 g/mol. The third-order valence-electron chi connectivity index (χ3n) is 2.54. The molecule has 0 radical (unpaired) electrons. The van der Waals surface area contributed by atoms with Gasteiger partial charge < -0.3 is 5.11 Å². The number of carboxylic acids is 1. The lowest BCUT2D eigenvalue weighted by Crippen LogP contribution is -2.04. The molecule has 4 heteroatoms. The first kappa shape index (κ1) is 12.5. The highest BCUT2D eigenvalue weighted by atomic mass is 16.4. The first-order valence-electron chi connectivity index (χ1n) is 5.31. The van der Waals surface area contributed by atoms with Crippen LogP contribution in [0.4, 0.5) is 0 Å². The van der Waals surface area contributed by atoms with E-state index in [1.807, 2.05) is 25.5 Å². The predicted octanol–water partition coefficient (Wildman–Crippen LogP) is 2.09. The monoisotopic (exact) mass is 222 g/mol. The summed E-state index contributed by atoms with van der Waals surface area (Å²) in [5.74, 6) is -0.772. The Morgan fingerprint density at radius 2 is 2.12 bits per heavy atom. The van der Waals surface area contributed by atoms with E-state index in [9.17, 15) is 4.79 Å². The van der Waals surface area contributed by atoms with Crippen molar-refractivity contribution in [3.05, 3.63) is 29.1 Å². The Morgan fingerprint density at radius 1 is 1.50 bits per heavy atom. The fraction of sp³-hybridized carbons (Fsp3) is 0.500. The summed E-state index contributed by atoms with van der Waals surface area (Å²) in [5, 5.41) is 13.1. The van der Waals surface area contributed by atoms with Crippen molar-refractivity contribution in [1.82, 2.24) is 9.78 Å². The Hall–Kier alpha value is -1.58. The van der Waals surface area contributed by atoms with Crippen LogP contribution in [0.25, 0.3) is 0 Å². The fourth-order valence-electron chi connectivity index (χ4n) is 1.74. The maximum Gasteiger partial charge on any atom is 0.303 e. The summed E-state index contributed by atoms with van der Waals surface area (Å²) in [5.41, 5.74) is 4.04. The molecule has 1 aromatic heterocycles. The van der Waals surface area contributed by atoms with Crippen LogP contribution in [-0.2, 0) is 17.8 Å². The smallest absolute Gasteiger partial charge is 0.303 e. The molecule has 1 aromatic rings. The second kappa shape index (κ2) is 4.96. The van der Waals surface area contributed by atoms with E-state index in [2.05, 4.69) is 11.7 Å². The minimum atomic E-state index is -0.772. The normalized spacial score (nSPS) is 10.4. The summed E-state index contributed by atoms with van der Waals surface area (Å²) in [6, 6.07) is 0. The molecule has 1 rings (SSSR count). The zero-order chi connectivity index (χ0) is 12.3. The topological polar surface area (TPSA) is 55.1 Å². The molecule has 0 aliphatic heterocycles. The summed E-state index contributed by atoms with van der Waals surface area (Å²) in [7, 11) is 0. The van der Waals surface area contributed by atoms with Gasteiger partial charge in [-0.25, -0.2) is 0 Å². The number of hydrogen-bond donors (Lipinski definition) is 1. The molecule has 0 bridgehead atoms. The molecule has 0 atom stereocenters. The van der Waals surface area contributed by atoms with E-state index in [1.54, 1.807) is 0 Å². The molecule has 1 heterocycles. The molecule has 0 aliphatic rings. The predicted molar refractivity (Wildman–Crippen MR) is 62.5 cm³/mol. The molecule has 0 saturated heterocycles. The number of carbonyl (C=O) groups is 1. The summed E-state index contributed by atoms with van der Waals surface area (Å²) in [6.07, 6.45) is 0.698. The van der Waals surface area contributed by atoms with Gasteiger partial charge in [0.25, 0.3) is 0 Å². The van der Waals surface area contributed by atoms with Gasteiger partial charge in [0.1, 0.15) is 0 Å². The van der Waals surface area contributed by atoms with Crippen molar-refractivity contribution in [2.24, 2.45) is 0 Å². The molecular formula is C12H18N2O2. The van der Waals surface area contributed by atoms with E-state index in [-0.39, 0.29) is 6.42 Å². The van der Waals surface area contributed by atoms with E-state index in [1.165, 1.54) is 0 Å². The first-order valence-corrected chi connectivity index (χ1v) is 5.31. The van der Waals surface area contributed by atoms with Crippen LogP contribution in [0, 0.1) is 13.8 Å². The van der Waals surface area contributed by atoms with E-state index >= 15 is 0 Å². The van der Waals surface area contributed by atoms with Crippen LogP contribution in [-0.4, -0.2) is 20.9 Å². The van der Waals surface area contributed by atoms with Gasteiger partial charge in [-0.15, -0.1) is 0 Å². The largest absolute Gasteiger partial charge is 0.481 e. The summed E-state index contributed by atoms with van der Waals surface area (Å²) < 4.78 is 1.88. The number of aryl methyl sites for hydroxylation is 1. The standard InChI is InChI=1S/C12H18N2O2/c1-8(2)7-14-10(4)11(9(3)13-14)5-6-12(15)16/h1,5-7H2,2-4H3,(H,15,16). The van der Waals surface area contributed by atoms with Crippen LogP contribution in [0.15, 0.2) is 12.2 Å². The molecule has 0 amide bonds. The third kappa shape index (κ3) is 2.95. The van der Waals surface area contributed by atoms with Gasteiger partial charge in [0.05, 0.1) is 12.2 Å². The Labute approximate surface area is 95.6 Å². The zero-order valence-corrected chi connectivity index (χ0v) is 10.1. The van der Waals surface area contributed by atoms with Crippen LogP contribution in [0.5, 0.6) is 0 Å². The quantitative estimate of drug-likeness (QED) is 0.776. The zero-order valence-electron chi connectivity index (χ0n) is 10.1. The molecule has 88 valence electrons. The highest BCUT2D eigenvalue weighted by Gasteiger charge is 2.12. The van der Waals surface area contributed by atoms with Crippen molar-refractivity contribution in [3.63, 3.8) is 0 Å². The van der Waals surface area contributed by atoms with E-state index in [0.717, 1.165) is 22.5 Å². The van der Waals surface area contributed by atoms with Crippen molar-refractivity contribution in [3.8, 4) is 0 Å². The second-order valence-corrected chi connectivity index (χ2v) is 4.16. The maximum atomic E-state index is 10.5. The SMILES string of the molecule is C=C(C)Cn1nc(C)c(CCC(=O)O)c1C. The number of aromatic nitrogens is 2. The molecule has 0 fully saturated rings. The van der Waals surface area contributed by atoms with Crippen LogP contribution in [0.2, 0.25) is 0 Å². The first-order chi connectivity index (χ1) is 7.41. The Balaban J connectivity index is 2.88. The summed E-state index contributed by atoms with van der Waals surface area (Å²) >= 11 is 0. The van der Waals surface area contributed by atoms with Gasteiger partial charge in [-0.2, -0.15) is 5.10 Å². The van der Waals surface area contributed by atoms with Crippen molar-refractivity contribution in [2.45, 2.75) is 40.2 Å². The van der Waals surface area contributed by atoms with Gasteiger partial charge >= 0.3 is 5.97 Å². The molecule has 1 N–H and O–H groups in total. The minimum absolute atomic E-state index is 0.153. The number of allylic oxidation sites excluding steroid dienone is 1. The second-order valence-electron chi connectivity index (χ2n) is 4.16. The van der Waals surface area contributed by atoms with Gasteiger partial charge in [0, 0.05) is 12.1 Å². The molecule has 0 aromatic carbocycles. The van der Waals surface area contributed by atoms with Crippen molar-refractivity contribution < 1.29 is 9.90 Å². The molecule has 4 nitrogen and oxygen atoms in total. The van der Waals surface area contributed by atoms with E-state index in [0.29, 0.717) is 13.0 Å². The van der Waals surface area contributed by atoms with E-state index in [4.69, 9.17) is 5.11 Å². The molecule has 0 unspecified atom stereocenters. The lowest BCUT2D eigenvalue weighted by molar-refractivity contribution is -0.136. The third-order valence-corrected chi connectivity index (χ3v) is 2.54. The molecule has 0 aliphatic carbocycles. The number of carboxylic acid groups (broad SMARTS) is 1. The number of nitrogens with zero attached hydrogens (tertiary/aromatic N) is 2. The fourth-order valence-corrected chi connectivity index (χ4v) is 1.74. The van der Waals surface area contributed by atoms with Crippen LogP contribution < -0.4 is 0 Å². The lowest BCUT2D eigenvalue weighted by Gasteiger charge is -2.04. The van der Waals surface area contributed by atoms with Gasteiger partial charge in [0.2, 0.25) is 0 Å². The highest BCUT2D eigenvalue weighted by molar-refractivity contribution is 5.67. The Kier molecular flexibility index (Phi) is 3.88. The number of aliphatic carboxylic acids is 1. The van der Waals surface area contributed by atoms with Gasteiger partial charge in [0.15, 0.2) is 0 Å². The molecule has 0 saturated carbocycles. The van der Waals surface area contributed by atoms with Crippen LogP contribution in [0.3, 0.4) is 0 Å². The minimum Gasteiger partial charge on any atom is -0.481 e. The van der Waals surface area contributed by atoms with Crippen LogP contribution in [0.1, 0.15) is 30.3 Å². The molecule has 16 heavy (non-hydrogen) atoms. The Bertz CT molecular complexity index is 419. The van der Waals surface area contributed by atoms with Crippen LogP contribution >= 0.6 is 0 Å². The van der Waals surface area contributed by atoms with Crippen molar-refractivity contribution >= 4 is 5.97 Å². The number of rotatable bonds is 5. The van der Waals surface area contributed by atoms with Gasteiger partial charge in [-0.05, 0) is 32.8 Å². The van der Waals surface area contributed by atoms with Gasteiger partial charge in [-0.3, -0.25) is 9.48 Å². The Morgan fingerprint density at radius 3 is 2.62 bits per heavy atom. The average Bonchev–Trinajstić information content (AvgIpc) is 2.39. The summed E-state index contributed by atoms with van der Waals surface area (Å²) in [4.78, 5) is 10.5. The summed E-state index contributed by atoms with van der Waals surface area (Å²) in [6.45, 7) is 10.4. The van der Waals surface area contributed by atoms with Crippen molar-refractivity contribution in [2.75, 3.05) is 0 Å². The van der Waals surface area contributed by atoms with Crippen molar-refractivity contribution in [1.29, 1.82) is 0 Å². The lowest BCUT2D eigenvalue weighted by atomic mass is 10.1. The maximum absolute atomic E-state index is 10.5. The van der Waals surface area contributed by atoms with Gasteiger partial charge in [-0.1, -0.05) is 12.2 Å². The average molecular weight is 222 g/mol. The molecule has 0 spiro atoms. The van der Waals surface area contributed by atoms with E-state index < -0.39 is 5.97 Å². The highest BCUT2D eigenvalue weighted by Crippen LogP contribution is 2.16. The number of hydrogen-bond acceptors (Lipinski definition) is 2.